The number of nitro groups is 1. The lowest BCUT2D eigenvalue weighted by Crippen LogP contribution is -2.37. The number of morpholine rings is 1. The smallest absolute Gasteiger partial charge is 0.271 e. The summed E-state index contributed by atoms with van der Waals surface area (Å²) in [6, 6.07) is 2.58. The maximum Gasteiger partial charge on any atom is 0.271 e. The number of benzene rings is 1. The van der Waals surface area contributed by atoms with E-state index in [0.29, 0.717) is 12.1 Å². The molecular weight excluding hydrogens is 354 g/mol. The van der Waals surface area contributed by atoms with Gasteiger partial charge in [-0.1, -0.05) is 0 Å². The summed E-state index contributed by atoms with van der Waals surface area (Å²) in [6.07, 6.45) is 2.37. The SMILES string of the molecule is O=[N+]([O-])c1cc(Br)c(O)c(C=NCCCN2CCOCC2)c1. The van der Waals surface area contributed by atoms with Crippen LogP contribution in [-0.4, -0.2) is 60.5 Å². The van der Waals surface area contributed by atoms with E-state index in [1.807, 2.05) is 0 Å². The third-order valence-corrected chi connectivity index (χ3v) is 3.99. The molecule has 8 heteroatoms. The van der Waals surface area contributed by atoms with Gasteiger partial charge in [0.25, 0.3) is 5.69 Å². The zero-order chi connectivity index (χ0) is 15.9. The number of nitro benzene ring substituents is 1. The molecule has 1 N–H and O–H groups in total. The van der Waals surface area contributed by atoms with Gasteiger partial charge in [0.15, 0.2) is 0 Å². The van der Waals surface area contributed by atoms with Crippen molar-refractivity contribution >= 4 is 27.8 Å². The van der Waals surface area contributed by atoms with Crippen LogP contribution in [0.5, 0.6) is 5.75 Å². The lowest BCUT2D eigenvalue weighted by atomic mass is 10.2. The number of aliphatic imine (C=N–C) groups is 1. The van der Waals surface area contributed by atoms with Gasteiger partial charge < -0.3 is 9.84 Å². The highest BCUT2D eigenvalue weighted by Gasteiger charge is 2.13. The van der Waals surface area contributed by atoms with Crippen molar-refractivity contribution in [1.82, 2.24) is 4.90 Å². The van der Waals surface area contributed by atoms with Crippen LogP contribution in [-0.2, 0) is 4.74 Å². The molecule has 0 aliphatic carbocycles. The van der Waals surface area contributed by atoms with Crippen molar-refractivity contribution in [1.29, 1.82) is 0 Å². The fourth-order valence-corrected chi connectivity index (χ4v) is 2.65. The minimum absolute atomic E-state index is 0.0393. The molecule has 0 atom stereocenters. The maximum atomic E-state index is 10.8. The van der Waals surface area contributed by atoms with E-state index in [1.165, 1.54) is 18.3 Å². The number of phenols is 1. The molecule has 1 fully saturated rings. The van der Waals surface area contributed by atoms with Crippen molar-refractivity contribution < 1.29 is 14.8 Å². The summed E-state index contributed by atoms with van der Waals surface area (Å²) >= 11 is 3.11. The van der Waals surface area contributed by atoms with Crippen LogP contribution >= 0.6 is 15.9 Å². The molecule has 22 heavy (non-hydrogen) atoms. The predicted octanol–water partition coefficient (Wildman–Crippen LogP) is 2.20. The first-order valence-corrected chi connectivity index (χ1v) is 7.84. The van der Waals surface area contributed by atoms with Crippen molar-refractivity contribution in [3.8, 4) is 5.75 Å². The molecule has 0 amide bonds. The van der Waals surface area contributed by atoms with E-state index in [4.69, 9.17) is 4.74 Å². The molecule has 1 aromatic rings. The summed E-state index contributed by atoms with van der Waals surface area (Å²) in [7, 11) is 0. The largest absolute Gasteiger partial charge is 0.506 e. The molecule has 1 aromatic carbocycles. The molecule has 7 nitrogen and oxygen atoms in total. The number of ether oxygens (including phenoxy) is 1. The van der Waals surface area contributed by atoms with E-state index < -0.39 is 4.92 Å². The second kappa shape index (κ2) is 8.21. The number of hydrogen-bond acceptors (Lipinski definition) is 6. The van der Waals surface area contributed by atoms with Crippen molar-refractivity contribution in [3.63, 3.8) is 0 Å². The first kappa shape index (κ1) is 16.9. The average molecular weight is 372 g/mol. The summed E-state index contributed by atoms with van der Waals surface area (Å²) in [4.78, 5) is 16.9. The molecule has 120 valence electrons. The highest BCUT2D eigenvalue weighted by molar-refractivity contribution is 9.10. The molecule has 0 spiro atoms. The summed E-state index contributed by atoms with van der Waals surface area (Å²) < 4.78 is 5.57. The molecule has 1 aliphatic rings. The normalized spacial score (nSPS) is 16.2. The fraction of sp³-hybridized carbons (Fsp3) is 0.500. The standard InChI is InChI=1S/C14H18BrN3O4/c15-13-9-12(18(20)21)8-11(14(13)19)10-16-2-1-3-17-4-6-22-7-5-17/h8-10,19H,1-7H2. The van der Waals surface area contributed by atoms with Gasteiger partial charge in [0.1, 0.15) is 5.75 Å². The van der Waals surface area contributed by atoms with Crippen LogP contribution in [0.25, 0.3) is 0 Å². The Kier molecular flexibility index (Phi) is 6.29. The molecule has 0 bridgehead atoms. The van der Waals surface area contributed by atoms with Crippen molar-refractivity contribution in [2.24, 2.45) is 4.99 Å². The topological polar surface area (TPSA) is 88.2 Å². The van der Waals surface area contributed by atoms with E-state index >= 15 is 0 Å². The molecule has 2 rings (SSSR count). The van der Waals surface area contributed by atoms with Crippen LogP contribution in [0.4, 0.5) is 5.69 Å². The predicted molar refractivity (Wildman–Crippen MR) is 86.8 cm³/mol. The van der Waals surface area contributed by atoms with Gasteiger partial charge in [-0.25, -0.2) is 0 Å². The number of nitrogens with zero attached hydrogens (tertiary/aromatic N) is 3. The third kappa shape index (κ3) is 4.75. The van der Waals surface area contributed by atoms with Crippen LogP contribution in [0.3, 0.4) is 0 Å². The molecule has 0 unspecified atom stereocenters. The third-order valence-electron chi connectivity index (χ3n) is 3.38. The van der Waals surface area contributed by atoms with Gasteiger partial charge in [-0.2, -0.15) is 0 Å². The summed E-state index contributed by atoms with van der Waals surface area (Å²) in [5, 5.41) is 20.7. The van der Waals surface area contributed by atoms with Crippen molar-refractivity contribution in [2.45, 2.75) is 6.42 Å². The summed E-state index contributed by atoms with van der Waals surface area (Å²) in [5.74, 6) is -0.0393. The number of rotatable bonds is 6. The molecule has 0 saturated carbocycles. The zero-order valence-electron chi connectivity index (χ0n) is 12.1. The maximum absolute atomic E-state index is 10.8. The lowest BCUT2D eigenvalue weighted by Gasteiger charge is -2.26. The average Bonchev–Trinajstić information content (AvgIpc) is 2.51. The number of non-ortho nitro benzene ring substituents is 1. The Morgan fingerprint density at radius 3 is 2.86 bits per heavy atom. The van der Waals surface area contributed by atoms with Crippen LogP contribution in [0, 0.1) is 10.1 Å². The Morgan fingerprint density at radius 1 is 1.45 bits per heavy atom. The van der Waals surface area contributed by atoms with Crippen LogP contribution < -0.4 is 0 Å². The quantitative estimate of drug-likeness (QED) is 0.358. The van der Waals surface area contributed by atoms with E-state index in [-0.39, 0.29) is 15.9 Å². The molecule has 1 aliphatic heterocycles. The second-order valence-electron chi connectivity index (χ2n) is 4.97. The van der Waals surface area contributed by atoms with Gasteiger partial charge in [-0.3, -0.25) is 20.0 Å². The molecule has 1 saturated heterocycles. The van der Waals surface area contributed by atoms with E-state index in [1.54, 1.807) is 0 Å². The Labute approximate surface area is 136 Å². The van der Waals surface area contributed by atoms with Gasteiger partial charge in [0.2, 0.25) is 0 Å². The first-order valence-electron chi connectivity index (χ1n) is 7.05. The summed E-state index contributed by atoms with van der Waals surface area (Å²) in [6.45, 7) is 5.00. The lowest BCUT2D eigenvalue weighted by molar-refractivity contribution is -0.385. The molecule has 0 radical (unpaired) electrons. The van der Waals surface area contributed by atoms with E-state index in [9.17, 15) is 15.2 Å². The Balaban J connectivity index is 1.88. The number of phenolic OH excluding ortho intramolecular Hbond substituents is 1. The van der Waals surface area contributed by atoms with E-state index in [2.05, 4.69) is 25.8 Å². The minimum Gasteiger partial charge on any atom is -0.506 e. The van der Waals surface area contributed by atoms with Crippen LogP contribution in [0.2, 0.25) is 0 Å². The number of halogens is 1. The van der Waals surface area contributed by atoms with Crippen LogP contribution in [0.15, 0.2) is 21.6 Å². The summed E-state index contributed by atoms with van der Waals surface area (Å²) in [5.41, 5.74) is 0.256. The van der Waals surface area contributed by atoms with Crippen LogP contribution in [0.1, 0.15) is 12.0 Å². The Morgan fingerprint density at radius 2 is 2.18 bits per heavy atom. The molecule has 1 heterocycles. The van der Waals surface area contributed by atoms with Gasteiger partial charge in [-0.15, -0.1) is 0 Å². The Hall–Kier alpha value is -1.51. The van der Waals surface area contributed by atoms with Gasteiger partial charge in [-0.05, 0) is 22.4 Å². The van der Waals surface area contributed by atoms with Gasteiger partial charge in [0, 0.05) is 50.1 Å². The first-order chi connectivity index (χ1) is 10.6. The van der Waals surface area contributed by atoms with Gasteiger partial charge in [0.05, 0.1) is 22.6 Å². The molecule has 0 aromatic heterocycles. The number of aromatic hydroxyl groups is 1. The number of hydrogen-bond donors (Lipinski definition) is 1. The zero-order valence-corrected chi connectivity index (χ0v) is 13.7. The highest BCUT2D eigenvalue weighted by atomic mass is 79.9. The monoisotopic (exact) mass is 371 g/mol. The highest BCUT2D eigenvalue weighted by Crippen LogP contribution is 2.31. The van der Waals surface area contributed by atoms with Crippen molar-refractivity contribution in [3.05, 3.63) is 32.3 Å². The van der Waals surface area contributed by atoms with E-state index in [0.717, 1.165) is 39.3 Å². The van der Waals surface area contributed by atoms with Gasteiger partial charge >= 0.3 is 0 Å². The molecular formula is C14H18BrN3O4. The Bertz CT molecular complexity index is 559. The second-order valence-corrected chi connectivity index (χ2v) is 5.82. The van der Waals surface area contributed by atoms with Crippen molar-refractivity contribution in [2.75, 3.05) is 39.4 Å². The minimum atomic E-state index is -0.500. The fourth-order valence-electron chi connectivity index (χ4n) is 2.18.